The number of hydrogen-bond donors (Lipinski definition) is 0. The Morgan fingerprint density at radius 3 is 0.403 bits per heavy atom. The van der Waals surface area contributed by atoms with Crippen LogP contribution in [0.5, 0.6) is 0 Å². The zero-order valence-corrected chi connectivity index (χ0v) is 50.4. The van der Waals surface area contributed by atoms with Crippen molar-refractivity contribution in [1.29, 1.82) is 0 Å². The summed E-state index contributed by atoms with van der Waals surface area (Å²) in [6, 6.07) is 0. The fourth-order valence-electron chi connectivity index (χ4n) is 7.21. The molecule has 0 N–H and O–H groups in total. The van der Waals surface area contributed by atoms with Crippen LogP contribution in [-0.2, 0) is 0 Å². The van der Waals surface area contributed by atoms with Crippen LogP contribution in [0.3, 0.4) is 0 Å². The molecule has 7 rings (SSSR count). The Kier molecular flexibility index (Phi) is 25.4. The molecule has 0 aliphatic rings. The highest BCUT2D eigenvalue weighted by Gasteiger charge is 2.07. The van der Waals surface area contributed by atoms with Crippen LogP contribution < -0.4 is 0 Å². The van der Waals surface area contributed by atoms with Crippen molar-refractivity contribution >= 4 is 0 Å². The Hall–Kier alpha value is -6.30. The molecule has 7 aromatic heterocycles. The molecule has 72 heavy (non-hydrogen) atoms. The minimum atomic E-state index is 0.792. The summed E-state index contributed by atoms with van der Waals surface area (Å²) in [6.45, 7) is 61.1. The van der Waals surface area contributed by atoms with E-state index in [2.05, 4.69) is 164 Å². The standard InChI is InChI=1S/3C10H15N.3C8H12N2.C6H9N3/c3*1-6-7(2)9(4)11-10(5)8(6)3;1-5-6(2)10-8(4)7(3)9-5;2*1-5-6(2)9-8(4)10-7(5)3;1-4-7-5(2)9-6(3)8-4/h3*1-5H3;3*1-4H3;1-3H3. The Morgan fingerprint density at radius 2 is 0.236 bits per heavy atom. The van der Waals surface area contributed by atoms with E-state index in [0.717, 1.165) is 109 Å². The zero-order valence-electron chi connectivity index (χ0n) is 50.4. The van der Waals surface area contributed by atoms with Gasteiger partial charge in [-0.15, -0.1) is 0 Å². The fourth-order valence-corrected chi connectivity index (χ4v) is 7.21. The predicted octanol–water partition coefficient (Wildman–Crippen LogP) is 13.8. The van der Waals surface area contributed by atoms with Crippen LogP contribution in [0.4, 0.5) is 0 Å². The van der Waals surface area contributed by atoms with Gasteiger partial charge in [0.1, 0.15) is 29.1 Å². The van der Waals surface area contributed by atoms with Gasteiger partial charge in [-0.1, -0.05) is 0 Å². The molecule has 0 fully saturated rings. The maximum Gasteiger partial charge on any atom is 0.129 e. The minimum Gasteiger partial charge on any atom is -0.258 e. The van der Waals surface area contributed by atoms with E-state index in [1.807, 2.05) is 104 Å². The number of aromatic nitrogens is 12. The smallest absolute Gasteiger partial charge is 0.129 e. The van der Waals surface area contributed by atoms with Crippen molar-refractivity contribution in [2.45, 2.75) is 208 Å². The van der Waals surface area contributed by atoms with E-state index in [9.17, 15) is 0 Å². The Balaban J connectivity index is 0.000000420. The molecule has 390 valence electrons. The number of hydrogen-bond acceptors (Lipinski definition) is 12. The highest BCUT2D eigenvalue weighted by Crippen LogP contribution is 2.19. The normalized spacial score (nSPS) is 10.1. The molecule has 12 nitrogen and oxygen atoms in total. The maximum absolute atomic E-state index is 4.43. The summed E-state index contributed by atoms with van der Waals surface area (Å²) in [5, 5.41) is 0. The van der Waals surface area contributed by atoms with Gasteiger partial charge < -0.3 is 0 Å². The first-order chi connectivity index (χ1) is 33.1. The monoisotopic (exact) mass is 979 g/mol. The molecule has 0 radical (unpaired) electrons. The van der Waals surface area contributed by atoms with Crippen molar-refractivity contribution in [2.24, 2.45) is 0 Å². The molecular formula is C60H90N12. The molecule has 0 bridgehead atoms. The second kappa shape index (κ2) is 28.7. The van der Waals surface area contributed by atoms with Gasteiger partial charge in [-0.2, -0.15) is 0 Å². The molecule has 0 aliphatic carbocycles. The van der Waals surface area contributed by atoms with Gasteiger partial charge in [0.25, 0.3) is 0 Å². The molecule has 0 aliphatic heterocycles. The largest absolute Gasteiger partial charge is 0.258 e. The van der Waals surface area contributed by atoms with Gasteiger partial charge in [0.2, 0.25) is 0 Å². The van der Waals surface area contributed by atoms with Gasteiger partial charge in [-0.05, 0) is 269 Å². The summed E-state index contributed by atoms with van der Waals surface area (Å²) in [7, 11) is 0. The molecular weight excluding hydrogens is 889 g/mol. The van der Waals surface area contributed by atoms with Crippen LogP contribution in [0.2, 0.25) is 0 Å². The Labute approximate surface area is 435 Å². The average Bonchev–Trinajstić information content (AvgIpc) is 3.28. The van der Waals surface area contributed by atoms with Gasteiger partial charge in [-0.25, -0.2) is 34.9 Å². The van der Waals surface area contributed by atoms with Gasteiger partial charge >= 0.3 is 0 Å². The topological polar surface area (TPSA) is 155 Å². The van der Waals surface area contributed by atoms with Gasteiger partial charge in [0, 0.05) is 56.9 Å². The molecule has 12 heteroatoms. The van der Waals surface area contributed by atoms with Crippen LogP contribution in [0.25, 0.3) is 0 Å². The summed E-state index contributed by atoms with van der Waals surface area (Å²) in [5.41, 5.74) is 29.9. The number of pyridine rings is 3. The van der Waals surface area contributed by atoms with E-state index >= 15 is 0 Å². The lowest BCUT2D eigenvalue weighted by atomic mass is 10.0. The first-order valence-corrected chi connectivity index (χ1v) is 24.9. The minimum absolute atomic E-state index is 0.792. The lowest BCUT2D eigenvalue weighted by Crippen LogP contribution is -1.98. The van der Waals surface area contributed by atoms with Crippen LogP contribution >= 0.6 is 0 Å². The predicted molar refractivity (Wildman–Crippen MR) is 301 cm³/mol. The number of aryl methyl sites for hydroxylation is 19. The fraction of sp³-hybridized carbons (Fsp3) is 0.500. The molecule has 0 spiro atoms. The van der Waals surface area contributed by atoms with Crippen LogP contribution in [0.15, 0.2) is 0 Å². The van der Waals surface area contributed by atoms with Crippen molar-refractivity contribution in [3.05, 3.63) is 170 Å². The summed E-state index contributed by atoms with van der Waals surface area (Å²) >= 11 is 0. The maximum atomic E-state index is 4.43. The third-order valence-corrected chi connectivity index (χ3v) is 13.8. The highest BCUT2D eigenvalue weighted by molar-refractivity contribution is 5.39. The second-order valence-corrected chi connectivity index (χ2v) is 19.1. The summed E-state index contributed by atoms with van der Waals surface area (Å²) in [5.74, 6) is 4.10. The van der Waals surface area contributed by atoms with Crippen LogP contribution in [-0.4, -0.2) is 59.8 Å². The summed E-state index contributed by atoms with van der Waals surface area (Å²) < 4.78 is 0. The van der Waals surface area contributed by atoms with Gasteiger partial charge in [-0.3, -0.25) is 24.9 Å². The first kappa shape index (κ1) is 63.7. The molecule has 0 saturated carbocycles. The number of rotatable bonds is 0. The van der Waals surface area contributed by atoms with Crippen molar-refractivity contribution in [3.8, 4) is 0 Å². The van der Waals surface area contributed by atoms with Crippen LogP contribution in [0.1, 0.15) is 170 Å². The molecule has 7 heterocycles. The van der Waals surface area contributed by atoms with Crippen LogP contribution in [0, 0.1) is 208 Å². The lowest BCUT2D eigenvalue weighted by Gasteiger charge is -2.09. The van der Waals surface area contributed by atoms with Gasteiger partial charge in [0.15, 0.2) is 0 Å². The molecule has 0 unspecified atom stereocenters. The van der Waals surface area contributed by atoms with E-state index in [1.54, 1.807) is 0 Å². The van der Waals surface area contributed by atoms with E-state index in [0.29, 0.717) is 0 Å². The molecule has 7 aromatic rings. The van der Waals surface area contributed by atoms with E-state index < -0.39 is 0 Å². The Bertz CT molecular complexity index is 2540. The molecule has 0 saturated heterocycles. The van der Waals surface area contributed by atoms with Crippen molar-refractivity contribution in [1.82, 2.24) is 59.8 Å². The van der Waals surface area contributed by atoms with Crippen molar-refractivity contribution < 1.29 is 0 Å². The SMILES string of the molecule is Cc1nc(C)c(C)c(C)c1C.Cc1nc(C)c(C)c(C)c1C.Cc1nc(C)c(C)c(C)c1C.Cc1nc(C)c(C)c(C)n1.Cc1nc(C)c(C)c(C)n1.Cc1nc(C)c(C)nc1C.Cc1nc(C)nc(C)n1. The lowest BCUT2D eigenvalue weighted by molar-refractivity contribution is 0.875. The van der Waals surface area contributed by atoms with Gasteiger partial charge in [0.05, 0.1) is 22.8 Å². The molecule has 0 atom stereocenters. The molecule has 0 aromatic carbocycles. The third-order valence-electron chi connectivity index (χ3n) is 13.8. The second-order valence-electron chi connectivity index (χ2n) is 19.1. The highest BCUT2D eigenvalue weighted by atomic mass is 15.0. The zero-order chi connectivity index (χ0) is 55.8. The molecule has 0 amide bonds. The Morgan fingerprint density at radius 1 is 0.111 bits per heavy atom. The van der Waals surface area contributed by atoms with Crippen molar-refractivity contribution in [2.75, 3.05) is 0 Å². The average molecular weight is 979 g/mol. The van der Waals surface area contributed by atoms with E-state index in [4.69, 9.17) is 0 Å². The first-order valence-electron chi connectivity index (χ1n) is 24.9. The number of nitrogens with zero attached hydrogens (tertiary/aromatic N) is 12. The third kappa shape index (κ3) is 19.4. The van der Waals surface area contributed by atoms with E-state index in [-0.39, 0.29) is 0 Å². The quantitative estimate of drug-likeness (QED) is 0.142. The summed E-state index contributed by atoms with van der Waals surface area (Å²) in [6.07, 6.45) is 0. The van der Waals surface area contributed by atoms with E-state index in [1.165, 1.54) is 61.2 Å². The summed E-state index contributed by atoms with van der Waals surface area (Å²) in [4.78, 5) is 50.8. The van der Waals surface area contributed by atoms with Crippen molar-refractivity contribution in [3.63, 3.8) is 0 Å².